The molecular weight excluding hydrogens is 198 g/mol. The number of hydrogen-bond donors (Lipinski definition) is 1. The van der Waals surface area contributed by atoms with E-state index in [1.165, 1.54) is 12.8 Å². The van der Waals surface area contributed by atoms with Gasteiger partial charge in [0.1, 0.15) is 0 Å². The Kier molecular flexibility index (Phi) is 6.57. The van der Waals surface area contributed by atoms with Crippen molar-refractivity contribution < 1.29 is 4.74 Å². The predicted octanol–water partition coefficient (Wildman–Crippen LogP) is 3.61. The summed E-state index contributed by atoms with van der Waals surface area (Å²) in [5.41, 5.74) is 0.275. The summed E-state index contributed by atoms with van der Waals surface area (Å²) in [5.74, 6) is 0.742. The molecule has 0 aliphatic carbocycles. The van der Waals surface area contributed by atoms with Crippen LogP contribution in [-0.2, 0) is 4.74 Å². The second kappa shape index (κ2) is 6.61. The Morgan fingerprint density at radius 2 is 1.69 bits per heavy atom. The Morgan fingerprint density at radius 1 is 1.12 bits per heavy atom. The van der Waals surface area contributed by atoms with E-state index in [0.717, 1.165) is 18.9 Å². The molecule has 0 saturated heterocycles. The summed E-state index contributed by atoms with van der Waals surface area (Å²) in [5, 5.41) is 3.55. The maximum Gasteiger partial charge on any atom is 0.0622 e. The maximum atomic E-state index is 5.42. The highest BCUT2D eigenvalue weighted by Gasteiger charge is 2.16. The summed E-state index contributed by atoms with van der Waals surface area (Å²) in [7, 11) is 1.80. The minimum atomic E-state index is 0.0389. The monoisotopic (exact) mass is 229 g/mol. The van der Waals surface area contributed by atoms with Crippen molar-refractivity contribution in [2.45, 2.75) is 71.9 Å². The van der Waals surface area contributed by atoms with Gasteiger partial charge in [-0.3, -0.25) is 0 Å². The molecule has 16 heavy (non-hydrogen) atoms. The van der Waals surface area contributed by atoms with E-state index in [1.807, 2.05) is 0 Å². The zero-order valence-corrected chi connectivity index (χ0v) is 12.3. The molecule has 0 aliphatic heterocycles. The summed E-state index contributed by atoms with van der Waals surface area (Å²) < 4.78 is 5.42. The number of nitrogens with one attached hydrogen (secondary N) is 1. The standard InChI is InChI=1S/C14H31NO/c1-12(11-15-13(2,3)4)9-8-10-14(5,6)16-7/h12,15H,8-11H2,1-7H3. The molecule has 0 rings (SSSR count). The van der Waals surface area contributed by atoms with Crippen LogP contribution in [0.5, 0.6) is 0 Å². The van der Waals surface area contributed by atoms with Gasteiger partial charge in [0.2, 0.25) is 0 Å². The van der Waals surface area contributed by atoms with E-state index in [4.69, 9.17) is 4.74 Å². The molecular formula is C14H31NO. The first-order chi connectivity index (χ1) is 7.16. The molecule has 1 N–H and O–H groups in total. The van der Waals surface area contributed by atoms with Crippen molar-refractivity contribution in [1.82, 2.24) is 5.32 Å². The van der Waals surface area contributed by atoms with Gasteiger partial charge in [0, 0.05) is 12.6 Å². The summed E-state index contributed by atoms with van der Waals surface area (Å²) in [6.45, 7) is 14.4. The molecule has 0 radical (unpaired) electrons. The number of ether oxygens (including phenoxy) is 1. The molecule has 2 heteroatoms. The summed E-state index contributed by atoms with van der Waals surface area (Å²) in [4.78, 5) is 0. The fourth-order valence-electron chi connectivity index (χ4n) is 1.56. The number of rotatable bonds is 7. The minimum Gasteiger partial charge on any atom is -0.379 e. The Balaban J connectivity index is 3.63. The first-order valence-corrected chi connectivity index (χ1v) is 6.46. The van der Waals surface area contributed by atoms with Crippen molar-refractivity contribution in [3.63, 3.8) is 0 Å². The van der Waals surface area contributed by atoms with Gasteiger partial charge in [-0.05, 0) is 59.9 Å². The van der Waals surface area contributed by atoms with Gasteiger partial charge in [-0.1, -0.05) is 13.3 Å². The molecule has 0 spiro atoms. The van der Waals surface area contributed by atoms with Crippen molar-refractivity contribution in [3.8, 4) is 0 Å². The smallest absolute Gasteiger partial charge is 0.0622 e. The first kappa shape index (κ1) is 15.9. The largest absolute Gasteiger partial charge is 0.379 e. The highest BCUT2D eigenvalue weighted by molar-refractivity contribution is 4.73. The lowest BCUT2D eigenvalue weighted by atomic mass is 9.96. The quantitative estimate of drug-likeness (QED) is 0.720. The molecule has 0 saturated carbocycles. The van der Waals surface area contributed by atoms with Crippen molar-refractivity contribution in [3.05, 3.63) is 0 Å². The van der Waals surface area contributed by atoms with Crippen LogP contribution in [0.15, 0.2) is 0 Å². The molecule has 2 nitrogen and oxygen atoms in total. The fraction of sp³-hybridized carbons (Fsp3) is 1.00. The Hall–Kier alpha value is -0.0800. The van der Waals surface area contributed by atoms with E-state index < -0.39 is 0 Å². The van der Waals surface area contributed by atoms with Crippen molar-refractivity contribution in [2.24, 2.45) is 5.92 Å². The molecule has 0 heterocycles. The van der Waals surface area contributed by atoms with Gasteiger partial charge in [0.05, 0.1) is 5.60 Å². The average molecular weight is 229 g/mol. The molecule has 98 valence electrons. The van der Waals surface area contributed by atoms with Crippen LogP contribution in [-0.4, -0.2) is 24.8 Å². The van der Waals surface area contributed by atoms with Crippen LogP contribution in [0.2, 0.25) is 0 Å². The van der Waals surface area contributed by atoms with Crippen LogP contribution in [0.4, 0.5) is 0 Å². The van der Waals surface area contributed by atoms with E-state index in [9.17, 15) is 0 Å². The van der Waals surface area contributed by atoms with Gasteiger partial charge in [0.25, 0.3) is 0 Å². The normalized spacial score (nSPS) is 15.2. The highest BCUT2D eigenvalue weighted by Crippen LogP contribution is 2.19. The topological polar surface area (TPSA) is 21.3 Å². The summed E-state index contributed by atoms with van der Waals surface area (Å²) >= 11 is 0. The maximum absolute atomic E-state index is 5.42. The molecule has 0 fully saturated rings. The summed E-state index contributed by atoms with van der Waals surface area (Å²) in [6.07, 6.45) is 3.66. The Labute approximate surface area is 102 Å². The van der Waals surface area contributed by atoms with Crippen LogP contribution in [0.3, 0.4) is 0 Å². The Bertz CT molecular complexity index is 182. The van der Waals surface area contributed by atoms with Crippen molar-refractivity contribution in [2.75, 3.05) is 13.7 Å². The number of hydrogen-bond acceptors (Lipinski definition) is 2. The van der Waals surface area contributed by atoms with E-state index >= 15 is 0 Å². The van der Waals surface area contributed by atoms with E-state index in [1.54, 1.807) is 7.11 Å². The predicted molar refractivity (Wildman–Crippen MR) is 71.9 cm³/mol. The molecule has 0 amide bonds. The third-order valence-electron chi connectivity index (χ3n) is 3.01. The SMILES string of the molecule is COC(C)(C)CCCC(C)CNC(C)(C)C. The van der Waals surface area contributed by atoms with Crippen LogP contribution in [0.1, 0.15) is 60.8 Å². The van der Waals surface area contributed by atoms with Gasteiger partial charge >= 0.3 is 0 Å². The second-order valence-electron chi connectivity index (χ2n) is 6.59. The van der Waals surface area contributed by atoms with Gasteiger partial charge < -0.3 is 10.1 Å². The Morgan fingerprint density at radius 3 is 2.12 bits per heavy atom. The molecule has 1 atom stereocenters. The second-order valence-corrected chi connectivity index (χ2v) is 6.59. The molecule has 0 aromatic heterocycles. The van der Waals surface area contributed by atoms with Gasteiger partial charge in [-0.15, -0.1) is 0 Å². The van der Waals surface area contributed by atoms with Crippen LogP contribution < -0.4 is 5.32 Å². The number of methoxy groups -OCH3 is 1. The van der Waals surface area contributed by atoms with Crippen LogP contribution in [0, 0.1) is 5.92 Å². The van der Waals surface area contributed by atoms with Crippen LogP contribution in [0.25, 0.3) is 0 Å². The lowest BCUT2D eigenvalue weighted by Gasteiger charge is -2.25. The van der Waals surface area contributed by atoms with E-state index in [2.05, 4.69) is 46.9 Å². The third-order valence-corrected chi connectivity index (χ3v) is 3.01. The van der Waals surface area contributed by atoms with Gasteiger partial charge in [-0.25, -0.2) is 0 Å². The molecule has 0 aliphatic rings. The average Bonchev–Trinajstić information content (AvgIpc) is 2.13. The van der Waals surface area contributed by atoms with Crippen molar-refractivity contribution >= 4 is 0 Å². The fourth-order valence-corrected chi connectivity index (χ4v) is 1.56. The van der Waals surface area contributed by atoms with E-state index in [0.29, 0.717) is 0 Å². The lowest BCUT2D eigenvalue weighted by Crippen LogP contribution is -2.38. The highest BCUT2D eigenvalue weighted by atomic mass is 16.5. The van der Waals surface area contributed by atoms with E-state index in [-0.39, 0.29) is 11.1 Å². The third kappa shape index (κ3) is 9.17. The molecule has 0 aromatic carbocycles. The van der Waals surface area contributed by atoms with Crippen molar-refractivity contribution in [1.29, 1.82) is 0 Å². The zero-order chi connectivity index (χ0) is 12.8. The first-order valence-electron chi connectivity index (χ1n) is 6.46. The van der Waals surface area contributed by atoms with Crippen LogP contribution >= 0.6 is 0 Å². The summed E-state index contributed by atoms with van der Waals surface area (Å²) in [6, 6.07) is 0. The molecule has 1 unspecified atom stereocenters. The van der Waals surface area contributed by atoms with Gasteiger partial charge in [-0.2, -0.15) is 0 Å². The van der Waals surface area contributed by atoms with Gasteiger partial charge in [0.15, 0.2) is 0 Å². The zero-order valence-electron chi connectivity index (χ0n) is 12.3. The lowest BCUT2D eigenvalue weighted by molar-refractivity contribution is 0.0127. The molecule has 0 bridgehead atoms. The molecule has 0 aromatic rings. The minimum absolute atomic E-state index is 0.0389.